The van der Waals surface area contributed by atoms with Crippen molar-refractivity contribution >= 4 is 8.07 Å². The Kier molecular flexibility index (Phi) is 4.15. The summed E-state index contributed by atoms with van der Waals surface area (Å²) < 4.78 is 33.0. The Balaban J connectivity index is 3.14. The molecule has 18 heavy (non-hydrogen) atoms. The monoisotopic (exact) mass is 273 g/mol. The Labute approximate surface area is 108 Å². The Bertz CT molecular complexity index is 399. The van der Waals surface area contributed by atoms with Crippen LogP contribution in [0.4, 0.5) is 8.78 Å². The van der Waals surface area contributed by atoms with Crippen LogP contribution in [0.3, 0.4) is 0 Å². The lowest BCUT2D eigenvalue weighted by Crippen LogP contribution is -2.27. The summed E-state index contributed by atoms with van der Waals surface area (Å²) in [5.74, 6) is -1.28. The van der Waals surface area contributed by atoms with Crippen molar-refractivity contribution in [2.75, 3.05) is 0 Å². The predicted octanol–water partition coefficient (Wildman–Crippen LogP) is 3.96. The fraction of sp³-hybridized carbons (Fsp3) is 0.615. The van der Waals surface area contributed by atoms with Crippen LogP contribution >= 0.6 is 0 Å². The maximum Gasteiger partial charge on any atom is 0.216 e. The van der Waals surface area contributed by atoms with Gasteiger partial charge >= 0.3 is 0 Å². The van der Waals surface area contributed by atoms with E-state index in [1.807, 2.05) is 0 Å². The first-order chi connectivity index (χ1) is 7.98. The van der Waals surface area contributed by atoms with Gasteiger partial charge in [0, 0.05) is 6.07 Å². The van der Waals surface area contributed by atoms with E-state index in [1.165, 1.54) is 0 Å². The SMILES string of the molecule is CC(C)(C)Oc1cc(F)nc(C[Si](C)(C)C)c1F. The van der Waals surface area contributed by atoms with E-state index >= 15 is 0 Å². The van der Waals surface area contributed by atoms with Gasteiger partial charge in [-0.15, -0.1) is 0 Å². The van der Waals surface area contributed by atoms with E-state index < -0.39 is 25.4 Å². The van der Waals surface area contributed by atoms with Crippen LogP contribution in [0.5, 0.6) is 5.75 Å². The maximum atomic E-state index is 14.2. The molecule has 0 saturated carbocycles. The van der Waals surface area contributed by atoms with Crippen molar-refractivity contribution < 1.29 is 13.5 Å². The van der Waals surface area contributed by atoms with Gasteiger partial charge in [-0.3, -0.25) is 0 Å². The molecule has 0 aliphatic heterocycles. The zero-order valence-corrected chi connectivity index (χ0v) is 12.9. The molecule has 5 heteroatoms. The van der Waals surface area contributed by atoms with Crippen molar-refractivity contribution in [2.24, 2.45) is 0 Å². The van der Waals surface area contributed by atoms with Gasteiger partial charge in [-0.2, -0.15) is 4.39 Å². The minimum absolute atomic E-state index is 0.0525. The van der Waals surface area contributed by atoms with E-state index in [1.54, 1.807) is 20.8 Å². The molecular formula is C13H21F2NOSi. The molecule has 0 aliphatic rings. The van der Waals surface area contributed by atoms with Crippen LogP contribution in [0.25, 0.3) is 0 Å². The van der Waals surface area contributed by atoms with Crippen molar-refractivity contribution in [1.29, 1.82) is 0 Å². The van der Waals surface area contributed by atoms with Gasteiger partial charge in [0.1, 0.15) is 5.60 Å². The second-order valence-corrected chi connectivity index (χ2v) is 12.1. The van der Waals surface area contributed by atoms with Crippen LogP contribution in [0, 0.1) is 11.8 Å². The third-order valence-electron chi connectivity index (χ3n) is 2.08. The van der Waals surface area contributed by atoms with Crippen LogP contribution in [0.1, 0.15) is 26.5 Å². The van der Waals surface area contributed by atoms with Crippen LogP contribution in [-0.2, 0) is 6.04 Å². The topological polar surface area (TPSA) is 22.1 Å². The van der Waals surface area contributed by atoms with Crippen molar-refractivity contribution in [3.8, 4) is 5.75 Å². The number of hydrogen-bond acceptors (Lipinski definition) is 2. The molecule has 0 N–H and O–H groups in total. The van der Waals surface area contributed by atoms with Crippen molar-refractivity contribution in [2.45, 2.75) is 52.1 Å². The molecule has 0 fully saturated rings. The van der Waals surface area contributed by atoms with E-state index in [4.69, 9.17) is 4.74 Å². The average molecular weight is 273 g/mol. The van der Waals surface area contributed by atoms with Crippen molar-refractivity contribution in [1.82, 2.24) is 4.98 Å². The fourth-order valence-corrected chi connectivity index (χ4v) is 2.79. The molecule has 0 aromatic carbocycles. The van der Waals surface area contributed by atoms with Gasteiger partial charge in [0.05, 0.1) is 13.8 Å². The quantitative estimate of drug-likeness (QED) is 0.614. The number of halogens is 2. The summed E-state index contributed by atoms with van der Waals surface area (Å²) >= 11 is 0. The van der Waals surface area contributed by atoms with Gasteiger partial charge < -0.3 is 4.74 Å². The van der Waals surface area contributed by atoms with E-state index in [-0.39, 0.29) is 11.4 Å². The number of rotatable bonds is 3. The van der Waals surface area contributed by atoms with Gasteiger partial charge in [-0.1, -0.05) is 19.6 Å². The van der Waals surface area contributed by atoms with Crippen LogP contribution in [0.2, 0.25) is 19.6 Å². The van der Waals surface area contributed by atoms with E-state index in [2.05, 4.69) is 24.6 Å². The smallest absolute Gasteiger partial charge is 0.216 e. The predicted molar refractivity (Wildman–Crippen MR) is 71.6 cm³/mol. The molecule has 0 aliphatic carbocycles. The molecule has 1 rings (SSSR count). The lowest BCUT2D eigenvalue weighted by atomic mass is 10.2. The van der Waals surface area contributed by atoms with E-state index in [9.17, 15) is 8.78 Å². The molecule has 2 nitrogen and oxygen atoms in total. The summed E-state index contributed by atoms with van der Waals surface area (Å²) in [5, 5.41) is 0. The Morgan fingerprint density at radius 3 is 2.22 bits per heavy atom. The highest BCUT2D eigenvalue weighted by molar-refractivity contribution is 6.75. The standard InChI is InChI=1S/C13H21F2NOSi/c1-13(2,3)17-10-7-11(14)16-9(12(10)15)8-18(4,5)6/h7H,8H2,1-6H3. The Morgan fingerprint density at radius 2 is 1.78 bits per heavy atom. The fourth-order valence-electron chi connectivity index (χ4n) is 1.55. The molecular weight excluding hydrogens is 252 g/mol. The van der Waals surface area contributed by atoms with E-state index in [0.717, 1.165) is 6.07 Å². The Hall–Kier alpha value is -0.973. The molecule has 102 valence electrons. The molecule has 0 radical (unpaired) electrons. The largest absolute Gasteiger partial charge is 0.485 e. The van der Waals surface area contributed by atoms with Gasteiger partial charge in [0.2, 0.25) is 5.95 Å². The third-order valence-corrected chi connectivity index (χ3v) is 3.47. The summed E-state index contributed by atoms with van der Waals surface area (Å²) in [5.41, 5.74) is -0.390. The summed E-state index contributed by atoms with van der Waals surface area (Å²) in [6, 6.07) is 1.51. The number of nitrogens with zero attached hydrogens (tertiary/aromatic N) is 1. The summed E-state index contributed by atoms with van der Waals surface area (Å²) in [6.45, 7) is 11.6. The first-order valence-corrected chi connectivity index (χ1v) is 9.72. The summed E-state index contributed by atoms with van der Waals surface area (Å²) in [7, 11) is -1.56. The number of pyridine rings is 1. The molecule has 1 aromatic heterocycles. The van der Waals surface area contributed by atoms with Crippen molar-refractivity contribution in [3.63, 3.8) is 0 Å². The Morgan fingerprint density at radius 1 is 1.22 bits per heavy atom. The highest BCUT2D eigenvalue weighted by Crippen LogP contribution is 2.26. The first kappa shape index (κ1) is 15.1. The van der Waals surface area contributed by atoms with Gasteiger partial charge in [0.25, 0.3) is 0 Å². The number of hydrogen-bond donors (Lipinski definition) is 0. The number of ether oxygens (including phenoxy) is 1. The summed E-state index contributed by atoms with van der Waals surface area (Å²) in [4.78, 5) is 3.66. The molecule has 0 unspecified atom stereocenters. The first-order valence-electron chi connectivity index (χ1n) is 6.02. The molecule has 0 atom stereocenters. The lowest BCUT2D eigenvalue weighted by Gasteiger charge is -2.23. The van der Waals surface area contributed by atoms with Crippen LogP contribution < -0.4 is 4.74 Å². The van der Waals surface area contributed by atoms with E-state index in [0.29, 0.717) is 6.04 Å². The maximum absolute atomic E-state index is 14.2. The van der Waals surface area contributed by atoms with Gasteiger partial charge in [-0.05, 0) is 26.8 Å². The second-order valence-electron chi connectivity index (χ2n) is 6.66. The molecule has 0 amide bonds. The molecule has 0 saturated heterocycles. The minimum atomic E-state index is -1.56. The third kappa shape index (κ3) is 4.72. The summed E-state index contributed by atoms with van der Waals surface area (Å²) in [6.07, 6.45) is 0. The van der Waals surface area contributed by atoms with Crippen molar-refractivity contribution in [3.05, 3.63) is 23.5 Å². The second kappa shape index (κ2) is 4.95. The van der Waals surface area contributed by atoms with Gasteiger partial charge in [-0.25, -0.2) is 9.37 Å². The molecule has 0 bridgehead atoms. The zero-order valence-electron chi connectivity index (χ0n) is 11.9. The molecule has 0 spiro atoms. The highest BCUT2D eigenvalue weighted by atomic mass is 28.3. The van der Waals surface area contributed by atoms with Gasteiger partial charge in [0.15, 0.2) is 11.6 Å². The molecule has 1 heterocycles. The number of aromatic nitrogens is 1. The lowest BCUT2D eigenvalue weighted by molar-refractivity contribution is 0.123. The normalized spacial score (nSPS) is 12.7. The molecule has 1 aromatic rings. The van der Waals surface area contributed by atoms with Crippen LogP contribution in [-0.4, -0.2) is 18.7 Å². The zero-order chi connectivity index (χ0) is 14.1. The van der Waals surface area contributed by atoms with Crippen LogP contribution in [0.15, 0.2) is 6.07 Å². The highest BCUT2D eigenvalue weighted by Gasteiger charge is 2.23. The minimum Gasteiger partial charge on any atom is -0.485 e. The average Bonchev–Trinajstić information content (AvgIpc) is 2.07.